The number of nitrogens with zero attached hydrogens (tertiary/aromatic N) is 1. The summed E-state index contributed by atoms with van der Waals surface area (Å²) >= 11 is 0. The second-order valence-corrected chi connectivity index (χ2v) is 5.50. The molecule has 0 aromatic heterocycles. The molecule has 2 atom stereocenters. The van der Waals surface area contributed by atoms with Crippen molar-refractivity contribution in [2.45, 2.75) is 45.1 Å². The second-order valence-electron chi connectivity index (χ2n) is 5.50. The first-order chi connectivity index (χ1) is 8.81. The first-order valence-electron chi connectivity index (χ1n) is 7.42. The van der Waals surface area contributed by atoms with Crippen LogP contribution in [0.5, 0.6) is 0 Å². The van der Waals surface area contributed by atoms with Crippen molar-refractivity contribution in [1.29, 1.82) is 0 Å². The van der Waals surface area contributed by atoms with Crippen LogP contribution < -0.4 is 5.32 Å². The summed E-state index contributed by atoms with van der Waals surface area (Å²) in [6.07, 6.45) is 5.28. The Morgan fingerprint density at radius 1 is 1.39 bits per heavy atom. The molecule has 104 valence electrons. The van der Waals surface area contributed by atoms with Crippen molar-refractivity contribution >= 4 is 5.91 Å². The van der Waals surface area contributed by atoms with Crippen LogP contribution in [0.2, 0.25) is 0 Å². The van der Waals surface area contributed by atoms with Gasteiger partial charge in [0.25, 0.3) is 5.91 Å². The van der Waals surface area contributed by atoms with E-state index in [4.69, 9.17) is 4.74 Å². The highest BCUT2D eigenvalue weighted by molar-refractivity contribution is 5.81. The SMILES string of the molecule is CCCN(CC1CCCNC1)C(=O)[C@@H]1CCCO1. The third-order valence-corrected chi connectivity index (χ3v) is 3.89. The molecule has 2 heterocycles. The zero-order chi connectivity index (χ0) is 12.8. The largest absolute Gasteiger partial charge is 0.368 e. The molecule has 4 nitrogen and oxygen atoms in total. The lowest BCUT2D eigenvalue weighted by Crippen LogP contribution is -2.45. The Bertz CT molecular complexity index is 259. The van der Waals surface area contributed by atoms with Crippen molar-refractivity contribution in [3.63, 3.8) is 0 Å². The lowest BCUT2D eigenvalue weighted by molar-refractivity contribution is -0.141. The van der Waals surface area contributed by atoms with Gasteiger partial charge >= 0.3 is 0 Å². The molecule has 0 aromatic carbocycles. The molecule has 0 bridgehead atoms. The van der Waals surface area contributed by atoms with E-state index in [2.05, 4.69) is 12.2 Å². The van der Waals surface area contributed by atoms with Crippen LogP contribution in [-0.2, 0) is 9.53 Å². The van der Waals surface area contributed by atoms with Gasteiger partial charge in [-0.1, -0.05) is 6.92 Å². The van der Waals surface area contributed by atoms with Gasteiger partial charge in [0.15, 0.2) is 0 Å². The van der Waals surface area contributed by atoms with Crippen LogP contribution in [0.3, 0.4) is 0 Å². The summed E-state index contributed by atoms with van der Waals surface area (Å²) in [5, 5.41) is 3.42. The molecular formula is C14H26N2O2. The molecule has 18 heavy (non-hydrogen) atoms. The number of carbonyl (C=O) groups is 1. The third kappa shape index (κ3) is 3.69. The maximum Gasteiger partial charge on any atom is 0.251 e. The van der Waals surface area contributed by atoms with E-state index in [1.807, 2.05) is 4.90 Å². The highest BCUT2D eigenvalue weighted by atomic mass is 16.5. The van der Waals surface area contributed by atoms with Crippen LogP contribution in [0, 0.1) is 5.92 Å². The van der Waals surface area contributed by atoms with Gasteiger partial charge in [0.05, 0.1) is 0 Å². The van der Waals surface area contributed by atoms with Crippen LogP contribution in [0.4, 0.5) is 0 Å². The standard InChI is InChI=1S/C14H26N2O2/c1-2-8-16(11-12-5-3-7-15-10-12)14(17)13-6-4-9-18-13/h12-13,15H,2-11H2,1H3/t12?,13-/m0/s1. The van der Waals surface area contributed by atoms with Gasteiger partial charge < -0.3 is 15.0 Å². The van der Waals surface area contributed by atoms with Crippen molar-refractivity contribution in [1.82, 2.24) is 10.2 Å². The summed E-state index contributed by atoms with van der Waals surface area (Å²) in [4.78, 5) is 14.4. The molecule has 0 aliphatic carbocycles. The van der Waals surface area contributed by atoms with Crippen molar-refractivity contribution < 1.29 is 9.53 Å². The number of carbonyl (C=O) groups excluding carboxylic acids is 1. The van der Waals surface area contributed by atoms with Crippen LogP contribution >= 0.6 is 0 Å². The monoisotopic (exact) mass is 254 g/mol. The quantitative estimate of drug-likeness (QED) is 0.806. The van der Waals surface area contributed by atoms with Crippen LogP contribution in [0.25, 0.3) is 0 Å². The number of amides is 1. The highest BCUT2D eigenvalue weighted by Crippen LogP contribution is 2.18. The van der Waals surface area contributed by atoms with Crippen LogP contribution in [0.15, 0.2) is 0 Å². The topological polar surface area (TPSA) is 41.6 Å². The van der Waals surface area contributed by atoms with Crippen molar-refractivity contribution in [2.75, 3.05) is 32.8 Å². The van der Waals surface area contributed by atoms with Gasteiger partial charge in [-0.15, -0.1) is 0 Å². The molecule has 2 rings (SSSR count). The van der Waals surface area contributed by atoms with Gasteiger partial charge in [0.1, 0.15) is 6.10 Å². The molecule has 0 radical (unpaired) electrons. The molecule has 2 aliphatic rings. The van der Waals surface area contributed by atoms with Gasteiger partial charge in [-0.2, -0.15) is 0 Å². The molecule has 0 saturated carbocycles. The smallest absolute Gasteiger partial charge is 0.251 e. The minimum atomic E-state index is -0.159. The van der Waals surface area contributed by atoms with Gasteiger partial charge in [0.2, 0.25) is 0 Å². The predicted octanol–water partition coefficient (Wildman–Crippen LogP) is 1.40. The van der Waals surface area contributed by atoms with Crippen molar-refractivity contribution in [3.05, 3.63) is 0 Å². The van der Waals surface area contributed by atoms with E-state index in [9.17, 15) is 4.79 Å². The average molecular weight is 254 g/mol. The first kappa shape index (κ1) is 13.8. The fraction of sp³-hybridized carbons (Fsp3) is 0.929. The van der Waals surface area contributed by atoms with Gasteiger partial charge in [-0.25, -0.2) is 0 Å². The molecule has 1 N–H and O–H groups in total. The van der Waals surface area contributed by atoms with Gasteiger partial charge in [-0.05, 0) is 51.1 Å². The summed E-state index contributed by atoms with van der Waals surface area (Å²) in [6, 6.07) is 0. The molecule has 2 fully saturated rings. The molecule has 4 heteroatoms. The lowest BCUT2D eigenvalue weighted by Gasteiger charge is -2.31. The zero-order valence-electron chi connectivity index (χ0n) is 11.5. The van der Waals surface area contributed by atoms with E-state index in [0.29, 0.717) is 5.92 Å². The molecule has 1 unspecified atom stereocenters. The highest BCUT2D eigenvalue weighted by Gasteiger charge is 2.29. The number of nitrogens with one attached hydrogen (secondary N) is 1. The summed E-state index contributed by atoms with van der Waals surface area (Å²) in [6.45, 7) is 6.84. The zero-order valence-corrected chi connectivity index (χ0v) is 11.5. The number of piperidine rings is 1. The Labute approximate surface area is 110 Å². The summed E-state index contributed by atoms with van der Waals surface area (Å²) < 4.78 is 5.52. The van der Waals surface area contributed by atoms with Crippen LogP contribution in [-0.4, -0.2) is 49.7 Å². The lowest BCUT2D eigenvalue weighted by atomic mass is 9.98. The van der Waals surface area contributed by atoms with Crippen molar-refractivity contribution in [3.8, 4) is 0 Å². The fourth-order valence-electron chi connectivity index (χ4n) is 2.93. The van der Waals surface area contributed by atoms with Crippen LogP contribution in [0.1, 0.15) is 39.0 Å². The van der Waals surface area contributed by atoms with E-state index in [1.165, 1.54) is 12.8 Å². The van der Waals surface area contributed by atoms with E-state index in [1.54, 1.807) is 0 Å². The van der Waals surface area contributed by atoms with Gasteiger partial charge in [-0.3, -0.25) is 4.79 Å². The van der Waals surface area contributed by atoms with Gasteiger partial charge in [0, 0.05) is 19.7 Å². The molecule has 0 spiro atoms. The van der Waals surface area contributed by atoms with E-state index in [-0.39, 0.29) is 12.0 Å². The number of ether oxygens (including phenoxy) is 1. The van der Waals surface area contributed by atoms with Crippen molar-refractivity contribution in [2.24, 2.45) is 5.92 Å². The van der Waals surface area contributed by atoms with E-state index >= 15 is 0 Å². The summed E-state index contributed by atoms with van der Waals surface area (Å²) in [5.74, 6) is 0.843. The number of hydrogen-bond acceptors (Lipinski definition) is 3. The maximum atomic E-state index is 12.4. The minimum Gasteiger partial charge on any atom is -0.368 e. The van der Waals surface area contributed by atoms with E-state index < -0.39 is 0 Å². The Kier molecular flexibility index (Phi) is 5.45. The Morgan fingerprint density at radius 2 is 2.28 bits per heavy atom. The molecule has 2 aliphatic heterocycles. The first-order valence-corrected chi connectivity index (χ1v) is 7.42. The molecule has 1 amide bonds. The predicted molar refractivity (Wildman–Crippen MR) is 71.4 cm³/mol. The Morgan fingerprint density at radius 3 is 2.89 bits per heavy atom. The Balaban J connectivity index is 1.87. The Hall–Kier alpha value is -0.610. The van der Waals surface area contributed by atoms with E-state index in [0.717, 1.165) is 52.0 Å². The molecule has 0 aromatic rings. The molecular weight excluding hydrogens is 228 g/mol. The number of hydrogen-bond donors (Lipinski definition) is 1. The molecule has 2 saturated heterocycles. The summed E-state index contributed by atoms with van der Waals surface area (Å²) in [7, 11) is 0. The number of rotatable bonds is 5. The fourth-order valence-corrected chi connectivity index (χ4v) is 2.93. The normalized spacial score (nSPS) is 28.3. The minimum absolute atomic E-state index is 0.159. The second kappa shape index (κ2) is 7.10. The summed E-state index contributed by atoms with van der Waals surface area (Å²) in [5.41, 5.74) is 0. The average Bonchev–Trinajstić information content (AvgIpc) is 2.92. The maximum absolute atomic E-state index is 12.4. The third-order valence-electron chi connectivity index (χ3n) is 3.89.